The van der Waals surface area contributed by atoms with E-state index in [0.29, 0.717) is 23.9 Å². The lowest BCUT2D eigenvalue weighted by Crippen LogP contribution is -2.37. The van der Waals surface area contributed by atoms with Gasteiger partial charge in [-0.3, -0.25) is 13.8 Å². The average molecular weight is 825 g/mol. The van der Waals surface area contributed by atoms with Gasteiger partial charge in [-0.2, -0.15) is 0 Å². The highest BCUT2D eigenvalue weighted by atomic mass is 31.2. The molecule has 10 nitrogen and oxygen atoms in total. The maximum atomic E-state index is 12.5. The van der Waals surface area contributed by atoms with Crippen molar-refractivity contribution in [3.05, 3.63) is 73.1 Å². The van der Waals surface area contributed by atoms with E-state index in [9.17, 15) is 24.5 Å². The van der Waals surface area contributed by atoms with Crippen LogP contribution in [0.4, 0.5) is 0 Å². The number of hydrogen-bond donors (Lipinski definition) is 3. The SMILES string of the molecule is CCCCCC/C=C\CCCCCCCC/C=C/O[C@H](COC(=O)CCC[C@@H](O)/C=C/C=C\C/C=C\C=C\[C@@H](O)CCCCC)COP(=O)(O)OCC[N+](C)(C)C. The first-order valence-electron chi connectivity index (χ1n) is 21.9. The maximum Gasteiger partial charge on any atom is 0.472 e. The van der Waals surface area contributed by atoms with E-state index >= 15 is 0 Å². The van der Waals surface area contributed by atoms with Crippen molar-refractivity contribution in [2.75, 3.05) is 47.5 Å². The zero-order valence-corrected chi connectivity index (χ0v) is 37.4. The summed E-state index contributed by atoms with van der Waals surface area (Å²) in [5.41, 5.74) is 0. The van der Waals surface area contributed by atoms with Crippen LogP contribution in [0.1, 0.15) is 149 Å². The second kappa shape index (κ2) is 37.9. The van der Waals surface area contributed by atoms with Crippen molar-refractivity contribution in [3.8, 4) is 0 Å². The first kappa shape index (κ1) is 54.7. The highest BCUT2D eigenvalue weighted by molar-refractivity contribution is 7.47. The molecule has 0 rings (SSSR count). The summed E-state index contributed by atoms with van der Waals surface area (Å²) in [7, 11) is 1.53. The van der Waals surface area contributed by atoms with Crippen LogP contribution in [0.15, 0.2) is 73.1 Å². The number of carbonyl (C=O) groups excluding carboxylic acids is 1. The Bertz CT molecular complexity index is 1170. The van der Waals surface area contributed by atoms with Gasteiger partial charge in [0.15, 0.2) is 6.10 Å². The molecular weight excluding hydrogens is 741 g/mol. The third kappa shape index (κ3) is 41.7. The molecule has 0 radical (unpaired) electrons. The highest BCUT2D eigenvalue weighted by Crippen LogP contribution is 2.43. The van der Waals surface area contributed by atoms with E-state index in [1.807, 2.05) is 63.7 Å². The summed E-state index contributed by atoms with van der Waals surface area (Å²) in [5, 5.41) is 20.2. The van der Waals surface area contributed by atoms with Crippen LogP contribution < -0.4 is 0 Å². The quantitative estimate of drug-likeness (QED) is 0.0105. The van der Waals surface area contributed by atoms with Gasteiger partial charge < -0.3 is 29.1 Å². The van der Waals surface area contributed by atoms with Crippen LogP contribution >= 0.6 is 7.82 Å². The number of carbonyl (C=O) groups is 1. The molecule has 3 N–H and O–H groups in total. The van der Waals surface area contributed by atoms with Crippen LogP contribution in [0.3, 0.4) is 0 Å². The average Bonchev–Trinajstić information content (AvgIpc) is 3.15. The van der Waals surface area contributed by atoms with Gasteiger partial charge in [-0.25, -0.2) is 4.57 Å². The number of allylic oxidation sites excluding steroid dienone is 9. The molecular formula is C46H83NO9P+. The highest BCUT2D eigenvalue weighted by Gasteiger charge is 2.25. The molecule has 0 amide bonds. The zero-order valence-electron chi connectivity index (χ0n) is 36.5. The number of phosphoric acid groups is 1. The maximum absolute atomic E-state index is 12.5. The van der Waals surface area contributed by atoms with Crippen molar-refractivity contribution in [1.82, 2.24) is 0 Å². The van der Waals surface area contributed by atoms with Gasteiger partial charge in [-0.15, -0.1) is 0 Å². The Hall–Kier alpha value is -2.30. The van der Waals surface area contributed by atoms with Crippen molar-refractivity contribution in [3.63, 3.8) is 0 Å². The number of nitrogens with zero attached hydrogens (tertiary/aromatic N) is 1. The Labute approximate surface area is 348 Å². The molecule has 0 aliphatic rings. The molecule has 330 valence electrons. The Morgan fingerprint density at radius 3 is 1.75 bits per heavy atom. The van der Waals surface area contributed by atoms with Gasteiger partial charge in [0.2, 0.25) is 0 Å². The number of quaternary nitrogens is 1. The van der Waals surface area contributed by atoms with Crippen LogP contribution in [-0.2, 0) is 27.9 Å². The summed E-state index contributed by atoms with van der Waals surface area (Å²) >= 11 is 0. The predicted molar refractivity (Wildman–Crippen MR) is 236 cm³/mol. The minimum atomic E-state index is -4.33. The molecule has 0 aromatic heterocycles. The number of esters is 1. The summed E-state index contributed by atoms with van der Waals surface area (Å²) in [6.07, 6.45) is 42.5. The summed E-state index contributed by atoms with van der Waals surface area (Å²) < 4.78 is 34.6. The Balaban J connectivity index is 4.55. The van der Waals surface area contributed by atoms with E-state index in [2.05, 4.69) is 26.0 Å². The molecule has 57 heavy (non-hydrogen) atoms. The van der Waals surface area contributed by atoms with E-state index < -0.39 is 32.1 Å². The summed E-state index contributed by atoms with van der Waals surface area (Å²) in [5.74, 6) is -0.456. The third-order valence-corrected chi connectivity index (χ3v) is 10.0. The predicted octanol–water partition coefficient (Wildman–Crippen LogP) is 11.0. The fraction of sp³-hybridized carbons (Fsp3) is 0.717. The number of ether oxygens (including phenoxy) is 2. The smallest absolute Gasteiger partial charge is 0.472 e. The molecule has 4 atom stereocenters. The van der Waals surface area contributed by atoms with E-state index in [1.165, 1.54) is 64.2 Å². The van der Waals surface area contributed by atoms with Gasteiger partial charge in [0.05, 0.1) is 46.2 Å². The Morgan fingerprint density at radius 2 is 1.18 bits per heavy atom. The lowest BCUT2D eigenvalue weighted by atomic mass is 10.1. The van der Waals surface area contributed by atoms with Crippen molar-refractivity contribution in [2.24, 2.45) is 0 Å². The molecule has 0 bridgehead atoms. The summed E-state index contributed by atoms with van der Waals surface area (Å²) in [4.78, 5) is 22.7. The number of likely N-dealkylation sites (N-methyl/N-ethyl adjacent to an activating group) is 1. The molecule has 0 spiro atoms. The standard InChI is InChI=1S/C46H82NO9P/c1-6-8-10-11-12-13-14-15-16-17-18-19-20-24-27-31-39-53-45(42-56-57(51,52)55-40-38-47(3,4)5)41-54-46(50)37-32-36-44(49)35-30-26-23-21-22-25-29-34-43(48)33-28-9-7-2/h13-14,22-23,25-26,29-31,34-35,39,43-45,48-49H,6-12,15-21,24,27-28,32-33,36-38,40-42H2,1-5H3/p+1/b14-13-,25-22-,26-23-,34-29+,35-30+,39-31+/t43-,44-,45+/m0/s1. The largest absolute Gasteiger partial charge is 0.492 e. The molecule has 0 aromatic carbocycles. The third-order valence-electron chi connectivity index (χ3n) is 9.04. The van der Waals surface area contributed by atoms with Crippen LogP contribution in [-0.4, -0.2) is 91.4 Å². The first-order valence-corrected chi connectivity index (χ1v) is 23.4. The summed E-state index contributed by atoms with van der Waals surface area (Å²) in [6.45, 7) is 4.50. The number of rotatable bonds is 39. The van der Waals surface area contributed by atoms with Gasteiger partial charge in [0.25, 0.3) is 0 Å². The van der Waals surface area contributed by atoms with Crippen molar-refractivity contribution in [1.29, 1.82) is 0 Å². The van der Waals surface area contributed by atoms with Crippen LogP contribution in [0.25, 0.3) is 0 Å². The lowest BCUT2D eigenvalue weighted by molar-refractivity contribution is -0.870. The molecule has 0 saturated heterocycles. The molecule has 11 heteroatoms. The van der Waals surface area contributed by atoms with E-state index in [4.69, 9.17) is 18.5 Å². The van der Waals surface area contributed by atoms with Crippen LogP contribution in [0.2, 0.25) is 0 Å². The monoisotopic (exact) mass is 825 g/mol. The molecule has 1 unspecified atom stereocenters. The van der Waals surface area contributed by atoms with E-state index in [0.717, 1.165) is 51.4 Å². The van der Waals surface area contributed by atoms with Gasteiger partial charge in [0.1, 0.15) is 19.8 Å². The molecule has 0 aliphatic carbocycles. The molecule has 0 heterocycles. The second-order valence-electron chi connectivity index (χ2n) is 15.8. The van der Waals surface area contributed by atoms with Gasteiger partial charge in [-0.05, 0) is 70.3 Å². The minimum absolute atomic E-state index is 0.0478. The number of unbranched alkanes of at least 4 members (excludes halogenated alkanes) is 13. The topological polar surface area (TPSA) is 132 Å². The van der Waals surface area contributed by atoms with Crippen molar-refractivity contribution >= 4 is 13.8 Å². The molecule has 0 fully saturated rings. The zero-order chi connectivity index (χ0) is 42.3. The van der Waals surface area contributed by atoms with Gasteiger partial charge in [0, 0.05) is 6.42 Å². The number of phosphoric ester groups is 1. The van der Waals surface area contributed by atoms with Gasteiger partial charge in [-0.1, -0.05) is 139 Å². The minimum Gasteiger partial charge on any atom is -0.492 e. The fourth-order valence-corrected chi connectivity index (χ4v) is 6.19. The number of aliphatic hydroxyl groups is 2. The van der Waals surface area contributed by atoms with Crippen LogP contribution in [0, 0.1) is 0 Å². The lowest BCUT2D eigenvalue weighted by Gasteiger charge is -2.24. The van der Waals surface area contributed by atoms with Crippen molar-refractivity contribution in [2.45, 2.75) is 167 Å². The van der Waals surface area contributed by atoms with Crippen molar-refractivity contribution < 1.29 is 47.5 Å². The number of hydrogen-bond acceptors (Lipinski definition) is 8. The molecule has 0 aliphatic heterocycles. The normalized spacial score (nSPS) is 15.5. The van der Waals surface area contributed by atoms with E-state index in [-0.39, 0.29) is 26.2 Å². The Kier molecular flexibility index (Phi) is 36.4. The first-order chi connectivity index (χ1) is 27.4. The molecule has 0 aromatic rings. The molecule has 0 saturated carbocycles. The van der Waals surface area contributed by atoms with E-state index in [1.54, 1.807) is 18.4 Å². The number of aliphatic hydroxyl groups excluding tert-OH is 2. The second-order valence-corrected chi connectivity index (χ2v) is 17.3. The van der Waals surface area contributed by atoms with Gasteiger partial charge >= 0.3 is 13.8 Å². The fourth-order valence-electron chi connectivity index (χ4n) is 5.45. The summed E-state index contributed by atoms with van der Waals surface area (Å²) in [6, 6.07) is 0. The van der Waals surface area contributed by atoms with Crippen LogP contribution in [0.5, 0.6) is 0 Å². The Morgan fingerprint density at radius 1 is 0.649 bits per heavy atom.